The molecule has 0 unspecified atom stereocenters. The first-order valence-corrected chi connectivity index (χ1v) is 10.6. The minimum atomic E-state index is -0.952. The number of benzene rings is 3. The minimum Gasteiger partial charge on any atom is -0.318 e. The number of hydrazone groups is 1. The summed E-state index contributed by atoms with van der Waals surface area (Å²) in [5.74, 6) is -2.21. The van der Waals surface area contributed by atoms with Crippen molar-refractivity contribution < 1.29 is 14.0 Å². The average molecular weight is 476 g/mol. The molecule has 2 N–H and O–H groups in total. The Balaban J connectivity index is 1.52. The number of halogens is 2. The van der Waals surface area contributed by atoms with Crippen LogP contribution in [0, 0.1) is 12.7 Å². The fourth-order valence-electron chi connectivity index (χ4n) is 3.10. The molecule has 7 nitrogen and oxygen atoms in total. The van der Waals surface area contributed by atoms with E-state index in [9.17, 15) is 14.0 Å². The first kappa shape index (κ1) is 22.9. The molecule has 0 atom stereocenters. The van der Waals surface area contributed by atoms with Gasteiger partial charge in [-0.15, -0.1) is 0 Å². The van der Waals surface area contributed by atoms with Gasteiger partial charge in [0.05, 0.1) is 11.9 Å². The molecule has 0 aliphatic carbocycles. The number of anilines is 1. The second-order valence-corrected chi connectivity index (χ2v) is 7.74. The Morgan fingerprint density at radius 2 is 1.76 bits per heavy atom. The first-order chi connectivity index (χ1) is 16.4. The lowest BCUT2D eigenvalue weighted by Gasteiger charge is -2.05. The molecule has 0 aliphatic rings. The number of aryl methyl sites for hydroxylation is 1. The van der Waals surface area contributed by atoms with Crippen molar-refractivity contribution in [3.63, 3.8) is 0 Å². The van der Waals surface area contributed by atoms with Gasteiger partial charge in [-0.2, -0.15) is 10.2 Å². The van der Waals surface area contributed by atoms with Gasteiger partial charge in [0, 0.05) is 28.0 Å². The number of hydrogen-bond donors (Lipinski definition) is 2. The van der Waals surface area contributed by atoms with Crippen molar-refractivity contribution >= 4 is 35.3 Å². The van der Waals surface area contributed by atoms with Crippen LogP contribution >= 0.6 is 11.6 Å². The van der Waals surface area contributed by atoms with Crippen LogP contribution < -0.4 is 10.7 Å². The Morgan fingerprint density at radius 1 is 1.03 bits per heavy atom. The van der Waals surface area contributed by atoms with Gasteiger partial charge in [-0.3, -0.25) is 9.59 Å². The highest BCUT2D eigenvalue weighted by Crippen LogP contribution is 2.23. The van der Waals surface area contributed by atoms with Crippen molar-refractivity contribution in [3.8, 4) is 16.9 Å². The van der Waals surface area contributed by atoms with Crippen molar-refractivity contribution in [2.45, 2.75) is 6.92 Å². The molecular formula is C25H19ClFN5O2. The SMILES string of the molecule is Cc1ccc(NC(=O)C(=O)NN=Cc2cn(-c3ccccc3)nc2-c2ccc(F)cc2)cc1Cl. The number of carbonyl (C=O) groups excluding carboxylic acids is 2. The van der Waals surface area contributed by atoms with E-state index in [2.05, 4.69) is 20.9 Å². The summed E-state index contributed by atoms with van der Waals surface area (Å²) in [4.78, 5) is 24.3. The molecule has 34 heavy (non-hydrogen) atoms. The van der Waals surface area contributed by atoms with Crippen LogP contribution in [0.3, 0.4) is 0 Å². The van der Waals surface area contributed by atoms with Gasteiger partial charge in [0.15, 0.2) is 0 Å². The van der Waals surface area contributed by atoms with Gasteiger partial charge < -0.3 is 5.32 Å². The normalized spacial score (nSPS) is 10.9. The Kier molecular flexibility index (Phi) is 6.79. The Bertz CT molecular complexity index is 1370. The van der Waals surface area contributed by atoms with Crippen molar-refractivity contribution in [1.29, 1.82) is 0 Å². The molecule has 0 fully saturated rings. The van der Waals surface area contributed by atoms with Crippen molar-refractivity contribution in [1.82, 2.24) is 15.2 Å². The number of hydrogen-bond acceptors (Lipinski definition) is 4. The lowest BCUT2D eigenvalue weighted by atomic mass is 10.1. The van der Waals surface area contributed by atoms with Crippen molar-refractivity contribution in [2.24, 2.45) is 5.10 Å². The summed E-state index contributed by atoms with van der Waals surface area (Å²) in [5, 5.41) is 11.4. The average Bonchev–Trinajstić information content (AvgIpc) is 3.26. The van der Waals surface area contributed by atoms with Gasteiger partial charge in [-0.1, -0.05) is 35.9 Å². The highest BCUT2D eigenvalue weighted by Gasteiger charge is 2.15. The predicted molar refractivity (Wildman–Crippen MR) is 130 cm³/mol. The quantitative estimate of drug-likeness (QED) is 0.248. The standard InChI is InChI=1S/C25H19ClFN5O2/c1-16-7-12-20(13-22(16)26)29-24(33)25(34)30-28-14-18-15-32(21-5-3-2-4-6-21)31-23(18)17-8-10-19(27)11-9-17/h2-15H,1H3,(H,29,33)(H,30,34). The van der Waals surface area contributed by atoms with E-state index in [0.29, 0.717) is 27.5 Å². The lowest BCUT2D eigenvalue weighted by Crippen LogP contribution is -2.32. The molecule has 0 saturated heterocycles. The summed E-state index contributed by atoms with van der Waals surface area (Å²) in [6.07, 6.45) is 3.09. The summed E-state index contributed by atoms with van der Waals surface area (Å²) in [5.41, 5.74) is 6.00. The summed E-state index contributed by atoms with van der Waals surface area (Å²) >= 11 is 6.04. The highest BCUT2D eigenvalue weighted by atomic mass is 35.5. The Hall–Kier alpha value is -4.30. The van der Waals surface area contributed by atoms with Gasteiger partial charge in [0.25, 0.3) is 0 Å². The molecule has 3 aromatic carbocycles. The van der Waals surface area contributed by atoms with Crippen LogP contribution in [-0.4, -0.2) is 27.8 Å². The fourth-order valence-corrected chi connectivity index (χ4v) is 3.28. The zero-order chi connectivity index (χ0) is 24.1. The van der Waals surface area contributed by atoms with E-state index < -0.39 is 11.8 Å². The van der Waals surface area contributed by atoms with Gasteiger partial charge in [-0.05, 0) is 61.0 Å². The number of carbonyl (C=O) groups is 2. The van der Waals surface area contributed by atoms with E-state index in [0.717, 1.165) is 11.3 Å². The number of amides is 2. The predicted octanol–water partition coefficient (Wildman–Crippen LogP) is 4.73. The largest absolute Gasteiger partial charge is 0.329 e. The van der Waals surface area contributed by atoms with Crippen LogP contribution in [-0.2, 0) is 9.59 Å². The first-order valence-electron chi connectivity index (χ1n) is 10.2. The van der Waals surface area contributed by atoms with Gasteiger partial charge in [0.1, 0.15) is 11.5 Å². The van der Waals surface area contributed by atoms with E-state index >= 15 is 0 Å². The maximum Gasteiger partial charge on any atom is 0.329 e. The number of nitrogens with zero attached hydrogens (tertiary/aromatic N) is 3. The third kappa shape index (κ3) is 5.36. The molecule has 1 aromatic heterocycles. The number of para-hydroxylation sites is 1. The smallest absolute Gasteiger partial charge is 0.318 e. The number of aromatic nitrogens is 2. The minimum absolute atomic E-state index is 0.366. The zero-order valence-electron chi connectivity index (χ0n) is 18.0. The molecule has 9 heteroatoms. The Labute approximate surface area is 199 Å². The van der Waals surface area contributed by atoms with E-state index in [1.165, 1.54) is 18.3 Å². The second-order valence-electron chi connectivity index (χ2n) is 7.34. The molecule has 4 rings (SSSR count). The fraction of sp³-hybridized carbons (Fsp3) is 0.0400. The molecule has 0 bridgehead atoms. The van der Waals surface area contributed by atoms with Gasteiger partial charge in [0.2, 0.25) is 0 Å². The molecule has 2 amide bonds. The second kappa shape index (κ2) is 10.1. The molecule has 0 radical (unpaired) electrons. The molecule has 4 aromatic rings. The monoisotopic (exact) mass is 475 g/mol. The molecule has 170 valence electrons. The molecular weight excluding hydrogens is 457 g/mol. The molecule has 0 spiro atoms. The highest BCUT2D eigenvalue weighted by molar-refractivity contribution is 6.39. The van der Waals surface area contributed by atoms with Gasteiger partial charge in [-0.25, -0.2) is 14.5 Å². The van der Waals surface area contributed by atoms with Crippen LogP contribution in [0.4, 0.5) is 10.1 Å². The Morgan fingerprint density at radius 3 is 2.47 bits per heavy atom. The molecule has 1 heterocycles. The lowest BCUT2D eigenvalue weighted by molar-refractivity contribution is -0.136. The maximum atomic E-state index is 13.4. The van der Waals surface area contributed by atoms with Crippen LogP contribution in [0.5, 0.6) is 0 Å². The van der Waals surface area contributed by atoms with Crippen LogP contribution in [0.15, 0.2) is 84.1 Å². The van der Waals surface area contributed by atoms with Crippen molar-refractivity contribution in [3.05, 3.63) is 101 Å². The van der Waals surface area contributed by atoms with E-state index in [-0.39, 0.29) is 5.82 Å². The van der Waals surface area contributed by atoms with E-state index in [1.807, 2.05) is 37.3 Å². The molecule has 0 saturated carbocycles. The third-order valence-electron chi connectivity index (χ3n) is 4.89. The van der Waals surface area contributed by atoms with Gasteiger partial charge >= 0.3 is 11.8 Å². The van der Waals surface area contributed by atoms with E-state index in [4.69, 9.17) is 11.6 Å². The number of rotatable bonds is 5. The van der Waals surface area contributed by atoms with Crippen molar-refractivity contribution in [2.75, 3.05) is 5.32 Å². The summed E-state index contributed by atoms with van der Waals surface area (Å²) in [6, 6.07) is 20.2. The molecule has 0 aliphatic heterocycles. The van der Waals surface area contributed by atoms with E-state index in [1.54, 1.807) is 41.2 Å². The van der Waals surface area contributed by atoms with Crippen LogP contribution in [0.25, 0.3) is 16.9 Å². The van der Waals surface area contributed by atoms with Crippen LogP contribution in [0.1, 0.15) is 11.1 Å². The summed E-state index contributed by atoms with van der Waals surface area (Å²) < 4.78 is 15.0. The number of nitrogens with one attached hydrogen (secondary N) is 2. The van der Waals surface area contributed by atoms with Crippen LogP contribution in [0.2, 0.25) is 5.02 Å². The third-order valence-corrected chi connectivity index (χ3v) is 5.29. The zero-order valence-corrected chi connectivity index (χ0v) is 18.8. The maximum absolute atomic E-state index is 13.4. The topological polar surface area (TPSA) is 88.4 Å². The summed E-state index contributed by atoms with van der Waals surface area (Å²) in [6.45, 7) is 1.83. The summed E-state index contributed by atoms with van der Waals surface area (Å²) in [7, 11) is 0.